The standard InChI is InChI=1S/C23H18N4O2S2/c1-13-7-6-10-16(11-13)24-20(28)19-14(2)18-21(31-19)25-23-27(22(18)29)26-17(12-30-23)15-8-4-3-5-9-15/h3-11H,12H2,1-2H3,(H,24,28). The highest BCUT2D eigenvalue weighted by Crippen LogP contribution is 2.31. The summed E-state index contributed by atoms with van der Waals surface area (Å²) in [6.07, 6.45) is 0. The van der Waals surface area contributed by atoms with Crippen molar-refractivity contribution in [2.45, 2.75) is 19.0 Å². The van der Waals surface area contributed by atoms with Gasteiger partial charge in [0, 0.05) is 11.4 Å². The highest BCUT2D eigenvalue weighted by molar-refractivity contribution is 7.99. The van der Waals surface area contributed by atoms with Gasteiger partial charge in [-0.3, -0.25) is 9.59 Å². The lowest BCUT2D eigenvalue weighted by atomic mass is 10.1. The van der Waals surface area contributed by atoms with Gasteiger partial charge in [0.25, 0.3) is 11.5 Å². The summed E-state index contributed by atoms with van der Waals surface area (Å²) in [5.41, 5.74) is 3.97. The molecular formula is C23H18N4O2S2. The zero-order valence-corrected chi connectivity index (χ0v) is 18.5. The molecule has 0 unspecified atom stereocenters. The first-order chi connectivity index (χ1) is 15.0. The summed E-state index contributed by atoms with van der Waals surface area (Å²) >= 11 is 2.72. The number of carbonyl (C=O) groups is 1. The molecule has 2 aromatic carbocycles. The third-order valence-corrected chi connectivity index (χ3v) is 7.19. The zero-order valence-electron chi connectivity index (χ0n) is 16.9. The Bertz CT molecular complexity index is 1420. The first-order valence-corrected chi connectivity index (χ1v) is 11.5. The van der Waals surface area contributed by atoms with Crippen LogP contribution in [0.25, 0.3) is 10.2 Å². The molecule has 0 fully saturated rings. The Morgan fingerprint density at radius 1 is 1.10 bits per heavy atom. The van der Waals surface area contributed by atoms with E-state index in [0.29, 0.717) is 31.6 Å². The van der Waals surface area contributed by atoms with Crippen molar-refractivity contribution >= 4 is 50.6 Å². The van der Waals surface area contributed by atoms with Crippen molar-refractivity contribution in [1.29, 1.82) is 0 Å². The smallest absolute Gasteiger partial charge is 0.283 e. The van der Waals surface area contributed by atoms with Gasteiger partial charge >= 0.3 is 0 Å². The van der Waals surface area contributed by atoms with Crippen LogP contribution in [0.2, 0.25) is 0 Å². The van der Waals surface area contributed by atoms with E-state index in [2.05, 4.69) is 15.4 Å². The van der Waals surface area contributed by atoms with Crippen molar-refractivity contribution in [2.24, 2.45) is 5.10 Å². The molecule has 154 valence electrons. The largest absolute Gasteiger partial charge is 0.321 e. The summed E-state index contributed by atoms with van der Waals surface area (Å²) in [6, 6.07) is 17.4. The third kappa shape index (κ3) is 3.58. The maximum Gasteiger partial charge on any atom is 0.283 e. The number of aromatic nitrogens is 2. The molecule has 8 heteroatoms. The van der Waals surface area contributed by atoms with Crippen molar-refractivity contribution in [3.05, 3.63) is 86.5 Å². The van der Waals surface area contributed by atoms with E-state index >= 15 is 0 Å². The van der Waals surface area contributed by atoms with Gasteiger partial charge in [0.05, 0.1) is 16.0 Å². The number of thioether (sulfide) groups is 1. The Hall–Kier alpha value is -3.23. The number of nitrogens with one attached hydrogen (secondary N) is 1. The minimum Gasteiger partial charge on any atom is -0.321 e. The molecule has 31 heavy (non-hydrogen) atoms. The van der Waals surface area contributed by atoms with Crippen LogP contribution in [0, 0.1) is 13.8 Å². The number of carbonyl (C=O) groups excluding carboxylic acids is 1. The maximum absolute atomic E-state index is 13.3. The van der Waals surface area contributed by atoms with Gasteiger partial charge in [-0.15, -0.1) is 11.3 Å². The van der Waals surface area contributed by atoms with Crippen LogP contribution >= 0.6 is 23.1 Å². The molecule has 0 spiro atoms. The predicted molar refractivity (Wildman–Crippen MR) is 127 cm³/mol. The number of amides is 1. The number of anilines is 1. The molecule has 0 saturated carbocycles. The summed E-state index contributed by atoms with van der Waals surface area (Å²) < 4.78 is 1.36. The topological polar surface area (TPSA) is 76.3 Å². The molecule has 0 atom stereocenters. The summed E-state index contributed by atoms with van der Waals surface area (Å²) in [6.45, 7) is 3.76. The lowest BCUT2D eigenvalue weighted by molar-refractivity contribution is 0.103. The van der Waals surface area contributed by atoms with Crippen LogP contribution < -0.4 is 10.9 Å². The van der Waals surface area contributed by atoms with E-state index in [4.69, 9.17) is 0 Å². The molecule has 5 rings (SSSR count). The summed E-state index contributed by atoms with van der Waals surface area (Å²) in [5, 5.41) is 8.49. The number of thiophene rings is 1. The molecule has 1 amide bonds. The highest BCUT2D eigenvalue weighted by atomic mass is 32.2. The second-order valence-corrected chi connectivity index (χ2v) is 9.21. The third-order valence-electron chi connectivity index (χ3n) is 5.06. The van der Waals surface area contributed by atoms with Gasteiger partial charge in [-0.2, -0.15) is 9.78 Å². The van der Waals surface area contributed by atoms with Crippen LogP contribution in [0.4, 0.5) is 5.69 Å². The van der Waals surface area contributed by atoms with Gasteiger partial charge in [0.15, 0.2) is 5.16 Å². The predicted octanol–water partition coefficient (Wildman–Crippen LogP) is 4.69. The second kappa shape index (κ2) is 7.79. The van der Waals surface area contributed by atoms with Crippen LogP contribution in [-0.2, 0) is 0 Å². The fraction of sp³-hybridized carbons (Fsp3) is 0.130. The van der Waals surface area contributed by atoms with Gasteiger partial charge in [0.1, 0.15) is 4.83 Å². The monoisotopic (exact) mass is 446 g/mol. The lowest BCUT2D eigenvalue weighted by Crippen LogP contribution is -2.25. The number of aryl methyl sites for hydroxylation is 2. The molecule has 0 saturated heterocycles. The van der Waals surface area contributed by atoms with Crippen molar-refractivity contribution in [3.8, 4) is 0 Å². The van der Waals surface area contributed by atoms with E-state index in [0.717, 1.165) is 22.5 Å². The van der Waals surface area contributed by atoms with E-state index in [1.807, 2.05) is 61.5 Å². The molecule has 0 bridgehead atoms. The molecule has 2 aromatic heterocycles. The van der Waals surface area contributed by atoms with Gasteiger partial charge in [-0.25, -0.2) is 4.98 Å². The fourth-order valence-corrected chi connectivity index (χ4v) is 5.54. The molecule has 3 heterocycles. The quantitative estimate of drug-likeness (QED) is 0.464. The second-order valence-electron chi connectivity index (χ2n) is 7.27. The molecule has 1 aliphatic heterocycles. The van der Waals surface area contributed by atoms with Gasteiger partial charge in [0.2, 0.25) is 0 Å². The lowest BCUT2D eigenvalue weighted by Gasteiger charge is -2.15. The molecule has 6 nitrogen and oxygen atoms in total. The van der Waals surface area contributed by atoms with Crippen molar-refractivity contribution in [3.63, 3.8) is 0 Å². The molecular weight excluding hydrogens is 428 g/mol. The fourth-order valence-electron chi connectivity index (χ4n) is 3.52. The van der Waals surface area contributed by atoms with E-state index in [1.165, 1.54) is 27.8 Å². The van der Waals surface area contributed by atoms with Crippen molar-refractivity contribution in [1.82, 2.24) is 9.66 Å². The summed E-state index contributed by atoms with van der Waals surface area (Å²) in [7, 11) is 0. The molecule has 4 aromatic rings. The van der Waals surface area contributed by atoms with E-state index in [9.17, 15) is 9.59 Å². The first-order valence-electron chi connectivity index (χ1n) is 9.71. The number of rotatable bonds is 3. The van der Waals surface area contributed by atoms with Crippen LogP contribution in [-0.4, -0.2) is 27.0 Å². The average molecular weight is 447 g/mol. The Morgan fingerprint density at radius 2 is 1.90 bits per heavy atom. The van der Waals surface area contributed by atoms with Gasteiger partial charge in [-0.05, 0) is 42.7 Å². The van der Waals surface area contributed by atoms with E-state index in [1.54, 1.807) is 6.92 Å². The van der Waals surface area contributed by atoms with Crippen LogP contribution in [0.1, 0.15) is 26.4 Å². The molecule has 1 aliphatic rings. The van der Waals surface area contributed by atoms with Crippen LogP contribution in [0.3, 0.4) is 0 Å². The van der Waals surface area contributed by atoms with E-state index in [-0.39, 0.29) is 11.5 Å². The van der Waals surface area contributed by atoms with Gasteiger partial charge in [-0.1, -0.05) is 54.2 Å². The van der Waals surface area contributed by atoms with Crippen LogP contribution in [0.15, 0.2) is 69.6 Å². The normalized spacial score (nSPS) is 13.0. The Kier molecular flexibility index (Phi) is 4.95. The highest BCUT2D eigenvalue weighted by Gasteiger charge is 2.24. The van der Waals surface area contributed by atoms with Crippen molar-refractivity contribution < 1.29 is 4.79 Å². The Balaban J connectivity index is 1.57. The number of benzene rings is 2. The first kappa shape index (κ1) is 19.7. The number of hydrogen-bond acceptors (Lipinski definition) is 6. The van der Waals surface area contributed by atoms with Crippen LogP contribution in [0.5, 0.6) is 0 Å². The SMILES string of the molecule is Cc1cccc(NC(=O)c2sc3nc4n(c(=O)c3c2C)N=C(c2ccccc2)CS4)c1. The average Bonchev–Trinajstić information content (AvgIpc) is 3.11. The Labute approximate surface area is 186 Å². The van der Waals surface area contributed by atoms with E-state index < -0.39 is 0 Å². The Morgan fingerprint density at radius 3 is 2.68 bits per heavy atom. The van der Waals surface area contributed by atoms with Crippen molar-refractivity contribution in [2.75, 3.05) is 11.1 Å². The number of hydrogen-bond donors (Lipinski definition) is 1. The number of fused-ring (bicyclic) bond motifs is 2. The van der Waals surface area contributed by atoms with Gasteiger partial charge < -0.3 is 5.32 Å². The molecule has 0 aliphatic carbocycles. The summed E-state index contributed by atoms with van der Waals surface area (Å²) in [4.78, 5) is 31.9. The molecule has 1 N–H and O–H groups in total. The minimum atomic E-state index is -0.246. The summed E-state index contributed by atoms with van der Waals surface area (Å²) in [5.74, 6) is 0.391. The maximum atomic E-state index is 13.3. The zero-order chi connectivity index (χ0) is 21.5. The number of nitrogens with zero attached hydrogens (tertiary/aromatic N) is 3. The minimum absolute atomic E-state index is 0.241. The molecule has 0 radical (unpaired) electrons.